The molecule has 2 nitrogen and oxygen atoms in total. The number of nitrogens with zero attached hydrogens (tertiary/aromatic N) is 1. The van der Waals surface area contributed by atoms with Gasteiger partial charge in [-0.1, -0.05) is 0 Å². The molecule has 2 heteroatoms. The van der Waals surface area contributed by atoms with E-state index in [1.165, 1.54) is 0 Å². The number of hydrogen-bond donors (Lipinski definition) is 0. The number of benzene rings is 1. The Bertz CT molecular complexity index is 422. The van der Waals surface area contributed by atoms with E-state index in [-0.39, 0.29) is 0 Å². The summed E-state index contributed by atoms with van der Waals surface area (Å²) in [6.07, 6.45) is 2.60. The minimum atomic E-state index is 0.646. The third-order valence-corrected chi connectivity index (χ3v) is 1.52. The summed E-state index contributed by atoms with van der Waals surface area (Å²) in [6.45, 7) is 0. The minimum absolute atomic E-state index is 0.646. The van der Waals surface area contributed by atoms with Gasteiger partial charge in [0.2, 0.25) is 0 Å². The predicted molar refractivity (Wildman–Crippen MR) is 39.8 cm³/mol. The van der Waals surface area contributed by atoms with Crippen LogP contribution in [0.25, 0.3) is 11.0 Å². The van der Waals surface area contributed by atoms with Crippen molar-refractivity contribution in [1.29, 1.82) is 5.26 Å². The molecule has 1 aromatic carbocycles. The maximum atomic E-state index is 8.54. The Balaban J connectivity index is 2.79. The molecule has 0 aliphatic carbocycles. The highest BCUT2D eigenvalue weighted by Gasteiger charge is 1.96. The Hall–Kier alpha value is -1.75. The van der Waals surface area contributed by atoms with Gasteiger partial charge in [0.05, 0.1) is 11.6 Å². The molecule has 11 heavy (non-hydrogen) atoms. The zero-order valence-electron chi connectivity index (χ0n) is 5.66. The molecule has 0 spiro atoms. The Morgan fingerprint density at radius 3 is 3.18 bits per heavy atom. The maximum Gasteiger partial charge on any atom is 0.170 e. The summed E-state index contributed by atoms with van der Waals surface area (Å²) in [5.41, 5.74) is 1.41. The van der Waals surface area contributed by atoms with Crippen molar-refractivity contribution >= 4 is 11.0 Å². The molecule has 0 N–H and O–H groups in total. The first-order chi connectivity index (χ1) is 5.40. The van der Waals surface area contributed by atoms with Crippen molar-refractivity contribution in [3.8, 4) is 6.07 Å². The van der Waals surface area contributed by atoms with Crippen LogP contribution in [0, 0.1) is 17.6 Å². The van der Waals surface area contributed by atoms with Crippen LogP contribution in [-0.4, -0.2) is 0 Å². The summed E-state index contributed by atoms with van der Waals surface area (Å²) in [4.78, 5) is 0. The summed E-state index contributed by atoms with van der Waals surface area (Å²) in [5, 5.41) is 9.46. The van der Waals surface area contributed by atoms with E-state index in [0.717, 1.165) is 11.0 Å². The fourth-order valence-corrected chi connectivity index (χ4v) is 0.980. The fourth-order valence-electron chi connectivity index (χ4n) is 0.980. The summed E-state index contributed by atoms with van der Waals surface area (Å²) >= 11 is 0. The van der Waals surface area contributed by atoms with E-state index in [9.17, 15) is 0 Å². The third-order valence-electron chi connectivity index (χ3n) is 1.52. The Morgan fingerprint density at radius 1 is 1.45 bits per heavy atom. The molecule has 2 aromatic rings. The zero-order valence-corrected chi connectivity index (χ0v) is 5.66. The zero-order chi connectivity index (χ0) is 7.68. The van der Waals surface area contributed by atoms with Crippen molar-refractivity contribution in [1.82, 2.24) is 0 Å². The van der Waals surface area contributed by atoms with Gasteiger partial charge in [-0.25, -0.2) is 0 Å². The van der Waals surface area contributed by atoms with Gasteiger partial charge in [0.25, 0.3) is 0 Å². The molecule has 2 rings (SSSR count). The van der Waals surface area contributed by atoms with Gasteiger partial charge in [-0.2, -0.15) is 5.26 Å². The highest BCUT2D eigenvalue weighted by molar-refractivity contribution is 5.78. The molecular weight excluding hydrogens is 138 g/mol. The Labute approximate surface area is 63.7 Å². The molecule has 0 fully saturated rings. The van der Waals surface area contributed by atoms with E-state index < -0.39 is 0 Å². The average Bonchev–Trinajstić information content (AvgIpc) is 2.50. The molecule has 0 unspecified atom stereocenters. The molecule has 0 bridgehead atoms. The van der Waals surface area contributed by atoms with Gasteiger partial charge in [0.15, 0.2) is 6.26 Å². The summed E-state index contributed by atoms with van der Waals surface area (Å²) in [6, 6.07) is 9.04. The molecule has 0 amide bonds. The van der Waals surface area contributed by atoms with Crippen molar-refractivity contribution in [3.05, 3.63) is 36.1 Å². The molecule has 0 atom stereocenters. The van der Waals surface area contributed by atoms with Crippen LogP contribution in [0.1, 0.15) is 5.56 Å². The largest absolute Gasteiger partial charge is 0.453 e. The lowest BCUT2D eigenvalue weighted by Crippen LogP contribution is -1.70. The van der Waals surface area contributed by atoms with Gasteiger partial charge in [0, 0.05) is 5.39 Å². The van der Waals surface area contributed by atoms with Gasteiger partial charge >= 0.3 is 0 Å². The first-order valence-corrected chi connectivity index (χ1v) is 3.20. The van der Waals surface area contributed by atoms with Crippen LogP contribution in [0.15, 0.2) is 28.7 Å². The standard InChI is InChI=1S/C9H4NO/c10-6-7-1-2-9-8(5-7)3-4-11-9/h1-3,5H. The first kappa shape index (κ1) is 5.99. The molecule has 0 aliphatic heterocycles. The smallest absolute Gasteiger partial charge is 0.170 e. The van der Waals surface area contributed by atoms with Crippen molar-refractivity contribution in [2.75, 3.05) is 0 Å². The van der Waals surface area contributed by atoms with Gasteiger partial charge < -0.3 is 4.42 Å². The van der Waals surface area contributed by atoms with E-state index in [4.69, 9.17) is 9.68 Å². The van der Waals surface area contributed by atoms with Crippen LogP contribution >= 0.6 is 0 Å². The minimum Gasteiger partial charge on any atom is -0.453 e. The molecule has 0 aliphatic rings. The summed E-state index contributed by atoms with van der Waals surface area (Å²) in [7, 11) is 0. The van der Waals surface area contributed by atoms with E-state index in [1.54, 1.807) is 24.3 Å². The van der Waals surface area contributed by atoms with Crippen LogP contribution in [0.2, 0.25) is 0 Å². The van der Waals surface area contributed by atoms with E-state index in [1.807, 2.05) is 0 Å². The van der Waals surface area contributed by atoms with Crippen molar-refractivity contribution in [3.63, 3.8) is 0 Å². The maximum absolute atomic E-state index is 8.54. The average molecular weight is 142 g/mol. The second kappa shape index (κ2) is 2.14. The van der Waals surface area contributed by atoms with Gasteiger partial charge in [-0.15, -0.1) is 0 Å². The SMILES string of the molecule is N#Cc1ccc2o[c]cc2c1. The summed E-state index contributed by atoms with van der Waals surface area (Å²) < 4.78 is 4.98. The number of fused-ring (bicyclic) bond motifs is 1. The number of nitriles is 1. The second-order valence-corrected chi connectivity index (χ2v) is 2.23. The topological polar surface area (TPSA) is 36.9 Å². The molecule has 0 saturated heterocycles. The molecule has 1 aromatic heterocycles. The monoisotopic (exact) mass is 142 g/mol. The van der Waals surface area contributed by atoms with Crippen molar-refractivity contribution < 1.29 is 4.42 Å². The van der Waals surface area contributed by atoms with E-state index in [2.05, 4.69) is 12.3 Å². The van der Waals surface area contributed by atoms with Crippen LogP contribution in [0.4, 0.5) is 0 Å². The Morgan fingerprint density at radius 2 is 2.36 bits per heavy atom. The summed E-state index contributed by atoms with van der Waals surface area (Å²) in [5.74, 6) is 0. The highest BCUT2D eigenvalue weighted by Crippen LogP contribution is 2.15. The quantitative estimate of drug-likeness (QED) is 0.564. The van der Waals surface area contributed by atoms with E-state index >= 15 is 0 Å². The van der Waals surface area contributed by atoms with Gasteiger partial charge in [0.1, 0.15) is 5.58 Å². The first-order valence-electron chi connectivity index (χ1n) is 3.20. The highest BCUT2D eigenvalue weighted by atomic mass is 16.3. The molecule has 1 radical (unpaired) electrons. The molecule has 0 saturated carbocycles. The number of rotatable bonds is 0. The van der Waals surface area contributed by atoms with Crippen LogP contribution < -0.4 is 0 Å². The fraction of sp³-hybridized carbons (Fsp3) is 0. The Kier molecular flexibility index (Phi) is 1.16. The lowest BCUT2D eigenvalue weighted by molar-refractivity contribution is 0.606. The molecule has 1 heterocycles. The lowest BCUT2D eigenvalue weighted by Gasteiger charge is -1.86. The van der Waals surface area contributed by atoms with Crippen LogP contribution in [-0.2, 0) is 0 Å². The van der Waals surface area contributed by atoms with Crippen molar-refractivity contribution in [2.24, 2.45) is 0 Å². The van der Waals surface area contributed by atoms with Crippen molar-refractivity contribution in [2.45, 2.75) is 0 Å². The third kappa shape index (κ3) is 0.870. The second-order valence-electron chi connectivity index (χ2n) is 2.23. The molecular formula is C9H4NO. The van der Waals surface area contributed by atoms with Gasteiger partial charge in [-0.05, 0) is 24.3 Å². The normalized spacial score (nSPS) is 9.73. The molecule has 51 valence electrons. The van der Waals surface area contributed by atoms with Crippen LogP contribution in [0.3, 0.4) is 0 Å². The lowest BCUT2D eigenvalue weighted by atomic mass is 10.2. The van der Waals surface area contributed by atoms with Crippen LogP contribution in [0.5, 0.6) is 0 Å². The van der Waals surface area contributed by atoms with E-state index in [0.29, 0.717) is 5.56 Å². The number of furan rings is 1. The predicted octanol–water partition coefficient (Wildman–Crippen LogP) is 2.10. The van der Waals surface area contributed by atoms with Gasteiger partial charge in [-0.3, -0.25) is 0 Å². The number of hydrogen-bond acceptors (Lipinski definition) is 2.